The van der Waals surface area contributed by atoms with E-state index in [0.29, 0.717) is 5.92 Å². The van der Waals surface area contributed by atoms with Crippen LogP contribution in [0.25, 0.3) is 0 Å². The molecule has 1 aliphatic rings. The Morgan fingerprint density at radius 2 is 2.22 bits per heavy atom. The minimum atomic E-state index is 0.146. The number of carbonyl (C=O) groups excluding carboxylic acids is 1. The van der Waals surface area contributed by atoms with E-state index in [1.54, 1.807) is 0 Å². The summed E-state index contributed by atoms with van der Waals surface area (Å²) < 4.78 is 1.84. The first-order valence-corrected chi connectivity index (χ1v) is 7.94. The molecule has 0 radical (unpaired) electrons. The number of carbonyl (C=O) groups is 1. The predicted molar refractivity (Wildman–Crippen MR) is 80.8 cm³/mol. The SMILES string of the molecule is CCCC1CCN(C(=O)c2ccc(Br)cc2Br)C1. The number of likely N-dealkylation sites (tertiary alicyclic amines) is 1. The van der Waals surface area contributed by atoms with E-state index < -0.39 is 0 Å². The Morgan fingerprint density at radius 3 is 2.89 bits per heavy atom. The Bertz CT molecular complexity index is 447. The zero-order chi connectivity index (χ0) is 13.1. The summed E-state index contributed by atoms with van der Waals surface area (Å²) in [5, 5.41) is 0. The molecule has 1 saturated heterocycles. The number of hydrogen-bond donors (Lipinski definition) is 0. The summed E-state index contributed by atoms with van der Waals surface area (Å²) >= 11 is 6.87. The van der Waals surface area contributed by atoms with Gasteiger partial charge in [-0.25, -0.2) is 0 Å². The van der Waals surface area contributed by atoms with Crippen LogP contribution in [0.1, 0.15) is 36.5 Å². The fraction of sp³-hybridized carbons (Fsp3) is 0.500. The molecular formula is C14H17Br2NO. The van der Waals surface area contributed by atoms with E-state index in [1.165, 1.54) is 12.8 Å². The van der Waals surface area contributed by atoms with Crippen LogP contribution in [0.3, 0.4) is 0 Å². The number of nitrogens with zero attached hydrogens (tertiary/aromatic N) is 1. The largest absolute Gasteiger partial charge is 0.338 e. The molecular weight excluding hydrogens is 358 g/mol. The first kappa shape index (κ1) is 14.1. The van der Waals surface area contributed by atoms with Crippen LogP contribution >= 0.6 is 31.9 Å². The summed E-state index contributed by atoms with van der Waals surface area (Å²) in [6.07, 6.45) is 3.58. The van der Waals surface area contributed by atoms with Gasteiger partial charge in [0.05, 0.1) is 5.56 Å². The molecule has 1 aromatic carbocycles. The highest BCUT2D eigenvalue weighted by atomic mass is 79.9. The van der Waals surface area contributed by atoms with E-state index >= 15 is 0 Å². The number of rotatable bonds is 3. The molecule has 0 bridgehead atoms. The first-order chi connectivity index (χ1) is 8.61. The highest BCUT2D eigenvalue weighted by molar-refractivity contribution is 9.11. The summed E-state index contributed by atoms with van der Waals surface area (Å²) in [5.41, 5.74) is 0.760. The van der Waals surface area contributed by atoms with Gasteiger partial charge >= 0.3 is 0 Å². The molecule has 1 amide bonds. The predicted octanol–water partition coefficient (Wildman–Crippen LogP) is 4.47. The van der Waals surface area contributed by atoms with E-state index in [9.17, 15) is 4.79 Å². The van der Waals surface area contributed by atoms with E-state index in [0.717, 1.165) is 34.0 Å². The third-order valence-electron chi connectivity index (χ3n) is 3.43. The molecule has 2 nitrogen and oxygen atoms in total. The maximum atomic E-state index is 12.4. The average Bonchev–Trinajstić information content (AvgIpc) is 2.77. The molecule has 0 aromatic heterocycles. The summed E-state index contributed by atoms with van der Waals surface area (Å²) in [4.78, 5) is 14.4. The van der Waals surface area contributed by atoms with E-state index in [-0.39, 0.29) is 5.91 Å². The standard InChI is InChI=1S/C14H17Br2NO/c1-2-3-10-6-7-17(9-10)14(18)12-5-4-11(15)8-13(12)16/h4-5,8,10H,2-3,6-7,9H2,1H3. The number of benzene rings is 1. The highest BCUT2D eigenvalue weighted by Crippen LogP contribution is 2.27. The second-order valence-corrected chi connectivity index (χ2v) is 6.59. The lowest BCUT2D eigenvalue weighted by Gasteiger charge is -2.17. The molecule has 1 aliphatic heterocycles. The Balaban J connectivity index is 2.08. The molecule has 18 heavy (non-hydrogen) atoms. The first-order valence-electron chi connectivity index (χ1n) is 6.36. The van der Waals surface area contributed by atoms with Crippen LogP contribution in [0.15, 0.2) is 27.1 Å². The molecule has 1 atom stereocenters. The molecule has 1 fully saturated rings. The fourth-order valence-electron chi connectivity index (χ4n) is 2.49. The number of amides is 1. The van der Waals surface area contributed by atoms with Gasteiger partial charge in [-0.3, -0.25) is 4.79 Å². The van der Waals surface area contributed by atoms with Crippen LogP contribution in [-0.2, 0) is 0 Å². The zero-order valence-corrected chi connectivity index (χ0v) is 13.6. The van der Waals surface area contributed by atoms with Crippen molar-refractivity contribution >= 4 is 37.8 Å². The van der Waals surface area contributed by atoms with Gasteiger partial charge in [0.25, 0.3) is 5.91 Å². The molecule has 0 N–H and O–H groups in total. The highest BCUT2D eigenvalue weighted by Gasteiger charge is 2.27. The van der Waals surface area contributed by atoms with Crippen molar-refractivity contribution in [1.29, 1.82) is 0 Å². The molecule has 0 spiro atoms. The van der Waals surface area contributed by atoms with Crippen molar-refractivity contribution in [1.82, 2.24) is 4.90 Å². The Morgan fingerprint density at radius 1 is 1.44 bits per heavy atom. The van der Waals surface area contributed by atoms with E-state index in [2.05, 4.69) is 38.8 Å². The Kier molecular flexibility index (Phi) is 4.84. The normalized spacial score (nSPS) is 19.3. The lowest BCUT2D eigenvalue weighted by Crippen LogP contribution is -2.28. The van der Waals surface area contributed by atoms with Gasteiger partial charge in [-0.1, -0.05) is 29.3 Å². The molecule has 0 aliphatic carbocycles. The minimum absolute atomic E-state index is 0.146. The summed E-state index contributed by atoms with van der Waals surface area (Å²) in [6, 6.07) is 5.72. The molecule has 4 heteroatoms. The lowest BCUT2D eigenvalue weighted by molar-refractivity contribution is 0.0785. The van der Waals surface area contributed by atoms with Gasteiger partial charge in [-0.2, -0.15) is 0 Å². The van der Waals surface area contributed by atoms with Crippen LogP contribution in [0, 0.1) is 5.92 Å². The monoisotopic (exact) mass is 373 g/mol. The van der Waals surface area contributed by atoms with Crippen molar-refractivity contribution in [3.63, 3.8) is 0 Å². The summed E-state index contributed by atoms with van der Waals surface area (Å²) in [7, 11) is 0. The van der Waals surface area contributed by atoms with Gasteiger partial charge in [0.1, 0.15) is 0 Å². The van der Waals surface area contributed by atoms with Gasteiger partial charge in [-0.15, -0.1) is 0 Å². The van der Waals surface area contributed by atoms with Gasteiger partial charge in [0, 0.05) is 22.0 Å². The zero-order valence-electron chi connectivity index (χ0n) is 10.5. The van der Waals surface area contributed by atoms with Crippen LogP contribution < -0.4 is 0 Å². The van der Waals surface area contributed by atoms with Crippen molar-refractivity contribution in [2.45, 2.75) is 26.2 Å². The molecule has 1 aromatic rings. The van der Waals surface area contributed by atoms with Gasteiger partial charge in [0.2, 0.25) is 0 Å². The van der Waals surface area contributed by atoms with Crippen LogP contribution in [0.2, 0.25) is 0 Å². The smallest absolute Gasteiger partial charge is 0.255 e. The molecule has 1 heterocycles. The number of halogens is 2. The quantitative estimate of drug-likeness (QED) is 0.764. The fourth-order valence-corrected chi connectivity index (χ4v) is 3.71. The topological polar surface area (TPSA) is 20.3 Å². The average molecular weight is 375 g/mol. The Labute approximate surface area is 125 Å². The van der Waals surface area contributed by atoms with Crippen LogP contribution in [0.4, 0.5) is 0 Å². The van der Waals surface area contributed by atoms with E-state index in [4.69, 9.17) is 0 Å². The summed E-state index contributed by atoms with van der Waals surface area (Å²) in [5.74, 6) is 0.834. The second-order valence-electron chi connectivity index (χ2n) is 4.82. The Hall–Kier alpha value is -0.350. The number of hydrogen-bond acceptors (Lipinski definition) is 1. The van der Waals surface area contributed by atoms with Crippen molar-refractivity contribution in [3.8, 4) is 0 Å². The van der Waals surface area contributed by atoms with Gasteiger partial charge < -0.3 is 4.90 Å². The lowest BCUT2D eigenvalue weighted by atomic mass is 10.0. The second kappa shape index (κ2) is 6.20. The summed E-state index contributed by atoms with van der Waals surface area (Å²) in [6.45, 7) is 4.01. The van der Waals surface area contributed by atoms with Gasteiger partial charge in [0.15, 0.2) is 0 Å². The third kappa shape index (κ3) is 3.15. The maximum absolute atomic E-state index is 12.4. The van der Waals surface area contributed by atoms with Crippen molar-refractivity contribution < 1.29 is 4.79 Å². The van der Waals surface area contributed by atoms with Crippen molar-refractivity contribution in [2.75, 3.05) is 13.1 Å². The molecule has 98 valence electrons. The van der Waals surface area contributed by atoms with E-state index in [1.807, 2.05) is 23.1 Å². The molecule has 1 unspecified atom stereocenters. The third-order valence-corrected chi connectivity index (χ3v) is 4.58. The van der Waals surface area contributed by atoms with Crippen LogP contribution in [-0.4, -0.2) is 23.9 Å². The minimum Gasteiger partial charge on any atom is -0.338 e. The maximum Gasteiger partial charge on any atom is 0.255 e. The van der Waals surface area contributed by atoms with Crippen molar-refractivity contribution in [2.24, 2.45) is 5.92 Å². The van der Waals surface area contributed by atoms with Crippen molar-refractivity contribution in [3.05, 3.63) is 32.7 Å². The van der Waals surface area contributed by atoms with Gasteiger partial charge in [-0.05, 0) is 52.9 Å². The molecule has 0 saturated carbocycles. The molecule has 2 rings (SSSR count). The van der Waals surface area contributed by atoms with Crippen LogP contribution in [0.5, 0.6) is 0 Å².